The Morgan fingerprint density at radius 3 is 3.00 bits per heavy atom. The van der Waals surface area contributed by atoms with E-state index in [1.165, 1.54) is 0 Å². The number of carbonyl (C=O) groups is 1. The van der Waals surface area contributed by atoms with Crippen molar-refractivity contribution in [1.29, 1.82) is 0 Å². The highest BCUT2D eigenvalue weighted by Gasteiger charge is 2.19. The molecule has 1 aromatic carbocycles. The van der Waals surface area contributed by atoms with Gasteiger partial charge in [0.15, 0.2) is 11.5 Å². The van der Waals surface area contributed by atoms with Gasteiger partial charge in [-0.25, -0.2) is 0 Å². The molecule has 0 radical (unpaired) electrons. The number of aryl methyl sites for hydroxylation is 1. The Kier molecular flexibility index (Phi) is 5.59. The minimum Gasteiger partial charge on any atom is -0.493 e. The van der Waals surface area contributed by atoms with Crippen LogP contribution in [0.15, 0.2) is 18.2 Å². The average molecular weight is 296 g/mol. The number of thioether (sulfide) groups is 1. The van der Waals surface area contributed by atoms with Crippen LogP contribution in [0, 0.1) is 0 Å². The molecule has 1 aliphatic rings. The van der Waals surface area contributed by atoms with Gasteiger partial charge in [-0.05, 0) is 36.6 Å². The van der Waals surface area contributed by atoms with E-state index in [4.69, 9.17) is 14.6 Å². The Hall–Kier alpha value is -1.36. The van der Waals surface area contributed by atoms with E-state index >= 15 is 0 Å². The van der Waals surface area contributed by atoms with Crippen LogP contribution in [0.4, 0.5) is 0 Å². The van der Waals surface area contributed by atoms with Crippen molar-refractivity contribution in [3.05, 3.63) is 23.8 Å². The second kappa shape index (κ2) is 7.43. The minimum absolute atomic E-state index is 0.174. The predicted molar refractivity (Wildman–Crippen MR) is 79.9 cm³/mol. The first kappa shape index (κ1) is 15.0. The summed E-state index contributed by atoms with van der Waals surface area (Å²) in [6.07, 6.45) is 2.79. The van der Waals surface area contributed by atoms with Crippen LogP contribution in [0.5, 0.6) is 11.5 Å². The molecule has 110 valence electrons. The number of carboxylic acid groups (broad SMARTS) is 1. The van der Waals surface area contributed by atoms with Gasteiger partial charge in [-0.15, -0.1) is 0 Å². The highest BCUT2D eigenvalue weighted by atomic mass is 32.2. The number of para-hydroxylation sites is 1. The molecule has 1 fully saturated rings. The number of rotatable bonds is 7. The molecule has 20 heavy (non-hydrogen) atoms. The van der Waals surface area contributed by atoms with Gasteiger partial charge < -0.3 is 14.6 Å². The molecule has 4 nitrogen and oxygen atoms in total. The van der Waals surface area contributed by atoms with Crippen molar-refractivity contribution in [2.75, 3.05) is 18.6 Å². The Morgan fingerprint density at radius 1 is 1.50 bits per heavy atom. The predicted octanol–water partition coefficient (Wildman–Crippen LogP) is 2.99. The van der Waals surface area contributed by atoms with E-state index in [1.807, 2.05) is 30.0 Å². The van der Waals surface area contributed by atoms with Crippen molar-refractivity contribution in [3.8, 4) is 11.5 Å². The third kappa shape index (κ3) is 4.07. The van der Waals surface area contributed by atoms with E-state index in [1.54, 1.807) is 7.11 Å². The fourth-order valence-corrected chi connectivity index (χ4v) is 3.39. The molecule has 0 bridgehead atoms. The first-order valence-electron chi connectivity index (χ1n) is 6.82. The first-order valence-corrected chi connectivity index (χ1v) is 7.98. The minimum atomic E-state index is -0.764. The van der Waals surface area contributed by atoms with Crippen LogP contribution >= 0.6 is 11.8 Å². The number of benzene rings is 1. The molecule has 1 aliphatic heterocycles. The van der Waals surface area contributed by atoms with Gasteiger partial charge >= 0.3 is 5.97 Å². The maximum Gasteiger partial charge on any atom is 0.303 e. The van der Waals surface area contributed by atoms with Crippen molar-refractivity contribution < 1.29 is 19.4 Å². The maximum atomic E-state index is 10.6. The normalized spacial score (nSPS) is 17.9. The van der Waals surface area contributed by atoms with Gasteiger partial charge in [0.2, 0.25) is 0 Å². The Balaban J connectivity index is 2.05. The summed E-state index contributed by atoms with van der Waals surface area (Å²) in [4.78, 5) is 10.6. The van der Waals surface area contributed by atoms with Crippen LogP contribution in [0.25, 0.3) is 0 Å². The van der Waals surface area contributed by atoms with Gasteiger partial charge in [-0.3, -0.25) is 4.79 Å². The summed E-state index contributed by atoms with van der Waals surface area (Å²) in [6.45, 7) is 0. The molecule has 0 amide bonds. The van der Waals surface area contributed by atoms with Crippen molar-refractivity contribution in [1.82, 2.24) is 0 Å². The molecule has 0 aromatic heterocycles. The summed E-state index contributed by atoms with van der Waals surface area (Å²) in [5, 5.41) is 8.70. The maximum absolute atomic E-state index is 10.6. The van der Waals surface area contributed by atoms with Crippen molar-refractivity contribution >= 4 is 17.7 Å². The van der Waals surface area contributed by atoms with Crippen molar-refractivity contribution in [3.63, 3.8) is 0 Å². The topological polar surface area (TPSA) is 55.8 Å². The molecule has 5 heteroatoms. The van der Waals surface area contributed by atoms with Gasteiger partial charge in [-0.2, -0.15) is 11.8 Å². The lowest BCUT2D eigenvalue weighted by Crippen LogP contribution is -2.15. The monoisotopic (exact) mass is 296 g/mol. The molecule has 1 saturated heterocycles. The number of ether oxygens (including phenoxy) is 2. The molecule has 0 aliphatic carbocycles. The summed E-state index contributed by atoms with van der Waals surface area (Å²) < 4.78 is 11.5. The van der Waals surface area contributed by atoms with Crippen LogP contribution in [0.3, 0.4) is 0 Å². The number of hydrogen-bond donors (Lipinski definition) is 1. The average Bonchev–Trinajstić information content (AvgIpc) is 2.91. The van der Waals surface area contributed by atoms with Gasteiger partial charge in [0.25, 0.3) is 0 Å². The molecule has 0 spiro atoms. The summed E-state index contributed by atoms with van der Waals surface area (Å²) in [5.74, 6) is 2.92. The van der Waals surface area contributed by atoms with Gasteiger partial charge in [0.1, 0.15) is 6.10 Å². The van der Waals surface area contributed by atoms with Gasteiger partial charge in [-0.1, -0.05) is 12.1 Å². The molecule has 1 aromatic rings. The van der Waals surface area contributed by atoms with Gasteiger partial charge in [0, 0.05) is 12.2 Å². The highest BCUT2D eigenvalue weighted by Crippen LogP contribution is 2.34. The van der Waals surface area contributed by atoms with E-state index < -0.39 is 5.97 Å². The van der Waals surface area contributed by atoms with Crippen LogP contribution in [-0.4, -0.2) is 35.8 Å². The molecular weight excluding hydrogens is 276 g/mol. The molecule has 0 saturated carbocycles. The molecule has 1 N–H and O–H groups in total. The quantitative estimate of drug-likeness (QED) is 0.838. The smallest absolute Gasteiger partial charge is 0.303 e. The first-order chi connectivity index (χ1) is 9.70. The zero-order chi connectivity index (χ0) is 14.4. The molecule has 1 unspecified atom stereocenters. The lowest BCUT2D eigenvalue weighted by Gasteiger charge is -2.17. The molecule has 1 heterocycles. The van der Waals surface area contributed by atoms with E-state index in [0.717, 1.165) is 35.0 Å². The van der Waals surface area contributed by atoms with Crippen LogP contribution in [0.1, 0.15) is 24.8 Å². The zero-order valence-corrected chi connectivity index (χ0v) is 12.4. The van der Waals surface area contributed by atoms with Crippen LogP contribution < -0.4 is 9.47 Å². The Labute approximate surface area is 123 Å². The summed E-state index contributed by atoms with van der Waals surface area (Å²) >= 11 is 1.91. The van der Waals surface area contributed by atoms with Crippen molar-refractivity contribution in [2.45, 2.75) is 31.8 Å². The second-order valence-electron chi connectivity index (χ2n) is 4.80. The number of hydrogen-bond acceptors (Lipinski definition) is 4. The largest absolute Gasteiger partial charge is 0.493 e. The fourth-order valence-electron chi connectivity index (χ4n) is 2.30. The van der Waals surface area contributed by atoms with E-state index in [2.05, 4.69) is 0 Å². The van der Waals surface area contributed by atoms with E-state index in [-0.39, 0.29) is 12.5 Å². The van der Waals surface area contributed by atoms with Crippen molar-refractivity contribution in [2.24, 2.45) is 0 Å². The van der Waals surface area contributed by atoms with Crippen LogP contribution in [0.2, 0.25) is 0 Å². The third-order valence-corrected chi connectivity index (χ3v) is 4.41. The second-order valence-corrected chi connectivity index (χ2v) is 5.95. The summed E-state index contributed by atoms with van der Waals surface area (Å²) in [7, 11) is 1.63. The highest BCUT2D eigenvalue weighted by molar-refractivity contribution is 7.99. The lowest BCUT2D eigenvalue weighted by atomic mass is 10.1. The molecular formula is C15H20O4S. The number of carboxylic acids is 1. The fraction of sp³-hybridized carbons (Fsp3) is 0.533. The number of methoxy groups -OCH3 is 1. The summed E-state index contributed by atoms with van der Waals surface area (Å²) in [6, 6.07) is 5.83. The van der Waals surface area contributed by atoms with E-state index in [0.29, 0.717) is 12.8 Å². The lowest BCUT2D eigenvalue weighted by molar-refractivity contribution is -0.137. The SMILES string of the molecule is COc1c(CCCC(=O)O)cccc1OC1CCSC1. The third-order valence-electron chi connectivity index (χ3n) is 3.28. The van der Waals surface area contributed by atoms with Crippen LogP contribution in [-0.2, 0) is 11.2 Å². The number of aliphatic carboxylic acids is 1. The molecule has 2 rings (SSSR count). The van der Waals surface area contributed by atoms with Gasteiger partial charge in [0.05, 0.1) is 7.11 Å². The summed E-state index contributed by atoms with van der Waals surface area (Å²) in [5.41, 5.74) is 1.01. The zero-order valence-electron chi connectivity index (χ0n) is 11.6. The molecule has 1 atom stereocenters. The Bertz CT molecular complexity index is 455. The Morgan fingerprint density at radius 2 is 2.35 bits per heavy atom. The standard InChI is InChI=1S/C15H20O4S/c1-18-15-11(5-3-7-14(16)17)4-2-6-13(15)19-12-8-9-20-10-12/h2,4,6,12H,3,5,7-10H2,1H3,(H,16,17). The van der Waals surface area contributed by atoms with E-state index in [9.17, 15) is 4.79 Å².